The van der Waals surface area contributed by atoms with Crippen molar-refractivity contribution in [2.75, 3.05) is 5.75 Å². The van der Waals surface area contributed by atoms with E-state index in [1.54, 1.807) is 6.92 Å². The third kappa shape index (κ3) is 2.82. The fourth-order valence-corrected chi connectivity index (χ4v) is 3.67. The van der Waals surface area contributed by atoms with E-state index in [2.05, 4.69) is 15.9 Å². The molecule has 16 heavy (non-hydrogen) atoms. The maximum Gasteiger partial charge on any atom is 0.335 e. The molecule has 1 N–H and O–H groups in total. The molecule has 0 unspecified atom stereocenters. The first-order valence-corrected chi connectivity index (χ1v) is 7.08. The van der Waals surface area contributed by atoms with Gasteiger partial charge in [-0.05, 0) is 40.5 Å². The van der Waals surface area contributed by atoms with Crippen LogP contribution in [0.1, 0.15) is 23.7 Å². The number of hydrogen-bond donors (Lipinski definition) is 1. The molecule has 1 rings (SSSR count). The van der Waals surface area contributed by atoms with Gasteiger partial charge in [0.2, 0.25) is 0 Å². The minimum absolute atomic E-state index is 0.00860. The van der Waals surface area contributed by atoms with Crippen molar-refractivity contribution in [3.8, 4) is 0 Å². The predicted molar refractivity (Wildman–Crippen MR) is 63.4 cm³/mol. The van der Waals surface area contributed by atoms with E-state index < -0.39 is 15.8 Å². The van der Waals surface area contributed by atoms with Crippen LogP contribution < -0.4 is 0 Å². The Bertz CT molecular complexity index is 508. The van der Waals surface area contributed by atoms with E-state index in [-0.39, 0.29) is 16.2 Å². The first kappa shape index (κ1) is 13.2. The quantitative estimate of drug-likeness (QED) is 0.926. The molecule has 0 aliphatic heterocycles. The van der Waals surface area contributed by atoms with Gasteiger partial charge in [0.25, 0.3) is 0 Å². The van der Waals surface area contributed by atoms with Crippen LogP contribution >= 0.6 is 15.9 Å². The largest absolute Gasteiger partial charge is 0.478 e. The Morgan fingerprint density at radius 2 is 2.06 bits per heavy atom. The highest BCUT2D eigenvalue weighted by Crippen LogP contribution is 2.24. The highest BCUT2D eigenvalue weighted by Gasteiger charge is 2.18. The maximum atomic E-state index is 11.8. The Morgan fingerprint density at radius 3 is 2.56 bits per heavy atom. The van der Waals surface area contributed by atoms with E-state index in [0.29, 0.717) is 10.9 Å². The fraction of sp³-hybridized carbons (Fsp3) is 0.300. The SMILES string of the molecule is CCCS(=O)(=O)c1cc(C(=O)O)ccc1Br. The number of rotatable bonds is 4. The second kappa shape index (κ2) is 4.97. The van der Waals surface area contributed by atoms with Crippen LogP contribution in [0.3, 0.4) is 0 Å². The topological polar surface area (TPSA) is 71.4 Å². The van der Waals surface area contributed by atoms with Crippen molar-refractivity contribution < 1.29 is 18.3 Å². The zero-order valence-electron chi connectivity index (χ0n) is 8.60. The molecule has 0 amide bonds. The molecule has 0 saturated carbocycles. The zero-order chi connectivity index (χ0) is 12.3. The average molecular weight is 307 g/mol. The zero-order valence-corrected chi connectivity index (χ0v) is 11.0. The minimum atomic E-state index is -3.41. The Labute approximate surface area is 102 Å². The maximum absolute atomic E-state index is 11.8. The Kier molecular flexibility index (Phi) is 4.09. The monoisotopic (exact) mass is 306 g/mol. The van der Waals surface area contributed by atoms with Gasteiger partial charge in [-0.2, -0.15) is 0 Å². The molecule has 4 nitrogen and oxygen atoms in total. The van der Waals surface area contributed by atoms with E-state index in [0.717, 1.165) is 0 Å². The van der Waals surface area contributed by atoms with Gasteiger partial charge in [0, 0.05) is 4.47 Å². The molecule has 0 saturated heterocycles. The lowest BCUT2D eigenvalue weighted by atomic mass is 10.2. The number of carboxylic acids is 1. The summed E-state index contributed by atoms with van der Waals surface area (Å²) in [5, 5.41) is 8.79. The molecular weight excluding hydrogens is 296 g/mol. The number of hydrogen-bond acceptors (Lipinski definition) is 3. The summed E-state index contributed by atoms with van der Waals surface area (Å²) in [7, 11) is -3.41. The summed E-state index contributed by atoms with van der Waals surface area (Å²) in [6, 6.07) is 3.97. The summed E-state index contributed by atoms with van der Waals surface area (Å²) < 4.78 is 24.0. The molecule has 0 aliphatic carbocycles. The van der Waals surface area contributed by atoms with Crippen molar-refractivity contribution in [2.45, 2.75) is 18.2 Å². The van der Waals surface area contributed by atoms with Gasteiger partial charge in [-0.1, -0.05) is 6.92 Å². The molecule has 1 aromatic rings. The number of sulfone groups is 1. The van der Waals surface area contributed by atoms with Crippen molar-refractivity contribution >= 4 is 31.7 Å². The van der Waals surface area contributed by atoms with Gasteiger partial charge in [0.05, 0.1) is 16.2 Å². The number of benzene rings is 1. The summed E-state index contributed by atoms with van der Waals surface area (Å²) in [5.74, 6) is -1.13. The summed E-state index contributed by atoms with van der Waals surface area (Å²) in [6.45, 7) is 1.76. The molecule has 0 bridgehead atoms. The van der Waals surface area contributed by atoms with Gasteiger partial charge in [0.1, 0.15) is 0 Å². The highest BCUT2D eigenvalue weighted by atomic mass is 79.9. The minimum Gasteiger partial charge on any atom is -0.478 e. The van der Waals surface area contributed by atoms with E-state index in [1.807, 2.05) is 0 Å². The molecular formula is C10H11BrO4S. The molecule has 0 fully saturated rings. The Morgan fingerprint density at radius 1 is 1.44 bits per heavy atom. The summed E-state index contributed by atoms with van der Waals surface area (Å²) >= 11 is 3.11. The van der Waals surface area contributed by atoms with Gasteiger partial charge in [-0.25, -0.2) is 13.2 Å². The van der Waals surface area contributed by atoms with Crippen LogP contribution in [0, 0.1) is 0 Å². The molecule has 6 heteroatoms. The van der Waals surface area contributed by atoms with Gasteiger partial charge in [0.15, 0.2) is 9.84 Å². The summed E-state index contributed by atoms with van der Waals surface area (Å²) in [6.07, 6.45) is 0.492. The van der Waals surface area contributed by atoms with Crippen LogP contribution in [0.2, 0.25) is 0 Å². The number of carbonyl (C=O) groups is 1. The molecule has 88 valence electrons. The lowest BCUT2D eigenvalue weighted by molar-refractivity contribution is 0.0696. The second-order valence-electron chi connectivity index (χ2n) is 3.27. The highest BCUT2D eigenvalue weighted by molar-refractivity contribution is 9.10. The fourth-order valence-electron chi connectivity index (χ4n) is 1.25. The summed E-state index contributed by atoms with van der Waals surface area (Å²) in [5.41, 5.74) is -0.0297. The normalized spacial score (nSPS) is 11.4. The smallest absolute Gasteiger partial charge is 0.335 e. The van der Waals surface area contributed by atoms with Crippen LogP contribution in [-0.4, -0.2) is 25.2 Å². The first-order chi connectivity index (χ1) is 7.38. The molecule has 0 aliphatic rings. The molecule has 1 aromatic carbocycles. The van der Waals surface area contributed by atoms with Gasteiger partial charge in [-0.15, -0.1) is 0 Å². The van der Waals surface area contributed by atoms with Crippen molar-refractivity contribution in [2.24, 2.45) is 0 Å². The first-order valence-electron chi connectivity index (χ1n) is 4.64. The van der Waals surface area contributed by atoms with E-state index in [1.165, 1.54) is 18.2 Å². The standard InChI is InChI=1S/C10H11BrO4S/c1-2-5-16(14,15)9-6-7(10(12)13)3-4-8(9)11/h3-4,6H,2,5H2,1H3,(H,12,13). The molecule has 0 heterocycles. The van der Waals surface area contributed by atoms with E-state index in [4.69, 9.17) is 5.11 Å². The number of aromatic carboxylic acids is 1. The Balaban J connectivity index is 3.33. The average Bonchev–Trinajstić information content (AvgIpc) is 2.17. The molecule has 0 atom stereocenters. The van der Waals surface area contributed by atoms with Crippen molar-refractivity contribution in [3.63, 3.8) is 0 Å². The molecule has 0 aromatic heterocycles. The number of carboxylic acid groups (broad SMARTS) is 1. The summed E-state index contributed by atoms with van der Waals surface area (Å²) in [4.78, 5) is 10.8. The van der Waals surface area contributed by atoms with Crippen LogP contribution in [0.15, 0.2) is 27.6 Å². The molecule has 0 radical (unpaired) electrons. The van der Waals surface area contributed by atoms with Gasteiger partial charge >= 0.3 is 5.97 Å². The van der Waals surface area contributed by atoms with Crippen LogP contribution in [0.4, 0.5) is 0 Å². The van der Waals surface area contributed by atoms with Crippen molar-refractivity contribution in [1.29, 1.82) is 0 Å². The van der Waals surface area contributed by atoms with Crippen LogP contribution in [0.25, 0.3) is 0 Å². The predicted octanol–water partition coefficient (Wildman–Crippen LogP) is 2.33. The third-order valence-electron chi connectivity index (χ3n) is 1.99. The van der Waals surface area contributed by atoms with Gasteiger partial charge < -0.3 is 5.11 Å². The number of halogens is 1. The van der Waals surface area contributed by atoms with Crippen molar-refractivity contribution in [3.05, 3.63) is 28.2 Å². The van der Waals surface area contributed by atoms with Crippen LogP contribution in [0.5, 0.6) is 0 Å². The van der Waals surface area contributed by atoms with E-state index >= 15 is 0 Å². The lowest BCUT2D eigenvalue weighted by Crippen LogP contribution is -2.08. The van der Waals surface area contributed by atoms with Crippen molar-refractivity contribution in [1.82, 2.24) is 0 Å². The Hall–Kier alpha value is -0.880. The lowest BCUT2D eigenvalue weighted by Gasteiger charge is -2.06. The van der Waals surface area contributed by atoms with Crippen LogP contribution in [-0.2, 0) is 9.84 Å². The second-order valence-corrected chi connectivity index (χ2v) is 6.20. The van der Waals surface area contributed by atoms with E-state index in [9.17, 15) is 13.2 Å². The molecule has 0 spiro atoms. The third-order valence-corrected chi connectivity index (χ3v) is 4.89. The van der Waals surface area contributed by atoms with Gasteiger partial charge in [-0.3, -0.25) is 0 Å².